The third-order valence-corrected chi connectivity index (χ3v) is 5.02. The molecule has 0 saturated heterocycles. The van der Waals surface area contributed by atoms with Gasteiger partial charge in [-0.05, 0) is 36.5 Å². The summed E-state index contributed by atoms with van der Waals surface area (Å²) < 4.78 is 32.5. The molecule has 0 saturated carbocycles. The van der Waals surface area contributed by atoms with Crippen LogP contribution in [0.2, 0.25) is 0 Å². The van der Waals surface area contributed by atoms with E-state index >= 15 is 0 Å². The Bertz CT molecular complexity index is 568. The standard InChI is InChI=1S/C14H24N2O3S/c1-9(2)11(4)8-16-20(17,18)14-7-12(15)10(3)6-13(14)19-5/h6-7,9,11,16H,8,15H2,1-5H3. The molecule has 20 heavy (non-hydrogen) atoms. The maximum Gasteiger partial charge on any atom is 0.244 e. The molecule has 0 aliphatic carbocycles. The van der Waals surface area contributed by atoms with Crippen molar-refractivity contribution in [2.45, 2.75) is 32.6 Å². The normalized spacial score (nSPS) is 13.5. The molecule has 1 aromatic carbocycles. The van der Waals surface area contributed by atoms with Crippen molar-refractivity contribution in [2.75, 3.05) is 19.4 Å². The van der Waals surface area contributed by atoms with E-state index in [1.165, 1.54) is 13.2 Å². The van der Waals surface area contributed by atoms with Gasteiger partial charge in [-0.3, -0.25) is 0 Å². The van der Waals surface area contributed by atoms with Gasteiger partial charge in [0.25, 0.3) is 0 Å². The van der Waals surface area contributed by atoms with Gasteiger partial charge in [-0.2, -0.15) is 0 Å². The second kappa shape index (κ2) is 6.45. The number of benzene rings is 1. The molecule has 3 N–H and O–H groups in total. The molecule has 0 amide bonds. The number of hydrogen-bond donors (Lipinski definition) is 2. The lowest BCUT2D eigenvalue weighted by molar-refractivity contribution is 0.399. The van der Waals surface area contributed by atoms with Crippen molar-refractivity contribution in [1.82, 2.24) is 4.72 Å². The molecular weight excluding hydrogens is 276 g/mol. The Labute approximate surface area is 121 Å². The summed E-state index contributed by atoms with van der Waals surface area (Å²) in [6.07, 6.45) is 0. The number of nitrogens with one attached hydrogen (secondary N) is 1. The fourth-order valence-corrected chi connectivity index (χ4v) is 2.93. The molecular formula is C14H24N2O3S. The number of methoxy groups -OCH3 is 1. The van der Waals surface area contributed by atoms with E-state index in [1.807, 2.05) is 13.8 Å². The van der Waals surface area contributed by atoms with Crippen molar-refractivity contribution in [3.63, 3.8) is 0 Å². The minimum absolute atomic E-state index is 0.0825. The van der Waals surface area contributed by atoms with Crippen LogP contribution in [-0.4, -0.2) is 22.1 Å². The van der Waals surface area contributed by atoms with Crippen LogP contribution in [-0.2, 0) is 10.0 Å². The van der Waals surface area contributed by atoms with Crippen LogP contribution in [0.5, 0.6) is 5.75 Å². The van der Waals surface area contributed by atoms with Crippen molar-refractivity contribution in [3.8, 4) is 5.75 Å². The average molecular weight is 300 g/mol. The predicted octanol–water partition coefficient (Wildman–Crippen LogP) is 2.16. The minimum Gasteiger partial charge on any atom is -0.495 e. The van der Waals surface area contributed by atoms with Crippen molar-refractivity contribution in [1.29, 1.82) is 0 Å². The number of nitrogen functional groups attached to an aromatic ring is 1. The minimum atomic E-state index is -3.63. The summed E-state index contributed by atoms with van der Waals surface area (Å²) in [4.78, 5) is 0.0825. The van der Waals surface area contributed by atoms with Gasteiger partial charge in [-0.15, -0.1) is 0 Å². The van der Waals surface area contributed by atoms with Crippen LogP contribution in [0.3, 0.4) is 0 Å². The highest BCUT2D eigenvalue weighted by Gasteiger charge is 2.22. The van der Waals surface area contributed by atoms with Crippen LogP contribution in [0.1, 0.15) is 26.3 Å². The molecule has 1 aromatic rings. The van der Waals surface area contributed by atoms with Gasteiger partial charge in [0.15, 0.2) is 0 Å². The first kappa shape index (κ1) is 16.8. The number of aryl methyl sites for hydroxylation is 1. The molecule has 0 bridgehead atoms. The Hall–Kier alpha value is -1.27. The van der Waals surface area contributed by atoms with Gasteiger partial charge in [0, 0.05) is 12.2 Å². The van der Waals surface area contributed by atoms with Crippen molar-refractivity contribution >= 4 is 15.7 Å². The van der Waals surface area contributed by atoms with Crippen molar-refractivity contribution in [2.24, 2.45) is 11.8 Å². The van der Waals surface area contributed by atoms with Gasteiger partial charge in [0.2, 0.25) is 10.0 Å². The Kier molecular flexibility index (Phi) is 5.42. The van der Waals surface area contributed by atoms with Crippen LogP contribution in [0.25, 0.3) is 0 Å². The van der Waals surface area contributed by atoms with Crippen LogP contribution in [0, 0.1) is 18.8 Å². The van der Waals surface area contributed by atoms with Crippen LogP contribution >= 0.6 is 0 Å². The Morgan fingerprint density at radius 3 is 2.40 bits per heavy atom. The fourth-order valence-electron chi connectivity index (χ4n) is 1.60. The topological polar surface area (TPSA) is 81.4 Å². The monoisotopic (exact) mass is 300 g/mol. The third kappa shape index (κ3) is 3.86. The molecule has 6 heteroatoms. The molecule has 0 aromatic heterocycles. The summed E-state index contributed by atoms with van der Waals surface area (Å²) in [5, 5.41) is 0. The Balaban J connectivity index is 3.06. The quantitative estimate of drug-likeness (QED) is 0.789. The summed E-state index contributed by atoms with van der Waals surface area (Å²) >= 11 is 0. The smallest absolute Gasteiger partial charge is 0.244 e. The molecule has 114 valence electrons. The first-order chi connectivity index (χ1) is 9.19. The second-order valence-electron chi connectivity index (χ2n) is 5.43. The molecule has 1 atom stereocenters. The van der Waals surface area contributed by atoms with Gasteiger partial charge >= 0.3 is 0 Å². The van der Waals surface area contributed by atoms with E-state index in [4.69, 9.17) is 10.5 Å². The lowest BCUT2D eigenvalue weighted by atomic mass is 9.99. The first-order valence-electron chi connectivity index (χ1n) is 6.62. The summed E-state index contributed by atoms with van der Waals surface area (Å²) in [7, 11) is -2.18. The zero-order chi connectivity index (χ0) is 15.5. The van der Waals surface area contributed by atoms with Crippen molar-refractivity contribution < 1.29 is 13.2 Å². The summed E-state index contributed by atoms with van der Waals surface area (Å²) in [6, 6.07) is 3.08. The molecule has 1 rings (SSSR count). The SMILES string of the molecule is COc1cc(C)c(N)cc1S(=O)(=O)NCC(C)C(C)C. The highest BCUT2D eigenvalue weighted by atomic mass is 32.2. The molecule has 0 spiro atoms. The maximum absolute atomic E-state index is 12.4. The molecule has 5 nitrogen and oxygen atoms in total. The van der Waals surface area contributed by atoms with Gasteiger partial charge in [0.05, 0.1) is 7.11 Å². The fraction of sp³-hybridized carbons (Fsp3) is 0.571. The largest absolute Gasteiger partial charge is 0.495 e. The third-order valence-electron chi connectivity index (χ3n) is 3.58. The van der Waals surface area contributed by atoms with E-state index in [1.54, 1.807) is 6.07 Å². The van der Waals surface area contributed by atoms with E-state index < -0.39 is 10.0 Å². The van der Waals surface area contributed by atoms with E-state index in [0.717, 1.165) is 5.56 Å². The van der Waals surface area contributed by atoms with Gasteiger partial charge in [-0.25, -0.2) is 13.1 Å². The first-order valence-corrected chi connectivity index (χ1v) is 8.11. The zero-order valence-electron chi connectivity index (χ0n) is 12.7. The second-order valence-corrected chi connectivity index (χ2v) is 7.17. The predicted molar refractivity (Wildman–Crippen MR) is 81.3 cm³/mol. The molecule has 0 fully saturated rings. The zero-order valence-corrected chi connectivity index (χ0v) is 13.5. The molecule has 0 aliphatic heterocycles. The van der Waals surface area contributed by atoms with E-state index in [9.17, 15) is 8.42 Å². The lowest BCUT2D eigenvalue weighted by Gasteiger charge is -2.17. The number of anilines is 1. The van der Waals surface area contributed by atoms with Crippen LogP contribution in [0.4, 0.5) is 5.69 Å². The number of rotatable bonds is 6. The number of ether oxygens (including phenoxy) is 1. The summed E-state index contributed by atoms with van der Waals surface area (Å²) in [5.41, 5.74) is 7.02. The molecule has 0 radical (unpaired) electrons. The van der Waals surface area contributed by atoms with Gasteiger partial charge < -0.3 is 10.5 Å². The number of sulfonamides is 1. The lowest BCUT2D eigenvalue weighted by Crippen LogP contribution is -2.30. The highest BCUT2D eigenvalue weighted by molar-refractivity contribution is 7.89. The van der Waals surface area contributed by atoms with Crippen LogP contribution < -0.4 is 15.2 Å². The van der Waals surface area contributed by atoms with Crippen LogP contribution in [0.15, 0.2) is 17.0 Å². The summed E-state index contributed by atoms with van der Waals surface area (Å²) in [6.45, 7) is 8.32. The molecule has 0 heterocycles. The Morgan fingerprint density at radius 1 is 1.30 bits per heavy atom. The van der Waals surface area contributed by atoms with Crippen molar-refractivity contribution in [3.05, 3.63) is 17.7 Å². The Morgan fingerprint density at radius 2 is 1.90 bits per heavy atom. The summed E-state index contributed by atoms with van der Waals surface area (Å²) in [5.74, 6) is 0.961. The van der Waals surface area contributed by atoms with Gasteiger partial charge in [-0.1, -0.05) is 20.8 Å². The van der Waals surface area contributed by atoms with E-state index in [0.29, 0.717) is 23.9 Å². The number of hydrogen-bond acceptors (Lipinski definition) is 4. The van der Waals surface area contributed by atoms with E-state index in [2.05, 4.69) is 18.6 Å². The number of nitrogens with two attached hydrogens (primary N) is 1. The maximum atomic E-state index is 12.4. The average Bonchev–Trinajstić information content (AvgIpc) is 2.38. The highest BCUT2D eigenvalue weighted by Crippen LogP contribution is 2.28. The molecule has 0 aliphatic rings. The van der Waals surface area contributed by atoms with E-state index in [-0.39, 0.29) is 10.8 Å². The molecule has 1 unspecified atom stereocenters. The van der Waals surface area contributed by atoms with Gasteiger partial charge in [0.1, 0.15) is 10.6 Å².